The molecule has 5 aromatic rings. The van der Waals surface area contributed by atoms with E-state index >= 15 is 0 Å². The summed E-state index contributed by atoms with van der Waals surface area (Å²) in [5.41, 5.74) is 6.08. The van der Waals surface area contributed by atoms with E-state index < -0.39 is 0 Å². The quantitative estimate of drug-likeness (QED) is 0.317. The topological polar surface area (TPSA) is 30.2 Å². The van der Waals surface area contributed by atoms with Crippen molar-refractivity contribution < 1.29 is 4.42 Å². The van der Waals surface area contributed by atoms with E-state index in [1.165, 1.54) is 0 Å². The zero-order valence-electron chi connectivity index (χ0n) is 16.9. The number of hydrogen-bond donors (Lipinski definition) is 0. The van der Waals surface area contributed by atoms with Gasteiger partial charge in [0.2, 0.25) is 0 Å². The maximum absolute atomic E-state index is 13.1. The van der Waals surface area contributed by atoms with Crippen molar-refractivity contribution in [1.29, 1.82) is 0 Å². The van der Waals surface area contributed by atoms with Crippen molar-refractivity contribution in [3.63, 3.8) is 0 Å². The monoisotopic (exact) mass is 400 g/mol. The molecule has 0 atom stereocenters. The van der Waals surface area contributed by atoms with Crippen molar-refractivity contribution in [3.8, 4) is 44.7 Å². The van der Waals surface area contributed by atoms with Crippen LogP contribution in [0.25, 0.3) is 44.7 Å². The lowest BCUT2D eigenvalue weighted by molar-refractivity contribution is 0.529. The van der Waals surface area contributed by atoms with Gasteiger partial charge >= 0.3 is 5.63 Å². The van der Waals surface area contributed by atoms with Crippen LogP contribution in [-0.2, 0) is 0 Å². The molecular weight excluding hydrogens is 380 g/mol. The van der Waals surface area contributed by atoms with E-state index in [0.717, 1.165) is 33.4 Å². The molecule has 4 aromatic carbocycles. The fourth-order valence-electron chi connectivity index (χ4n) is 3.82. The van der Waals surface area contributed by atoms with E-state index in [4.69, 9.17) is 4.42 Å². The lowest BCUT2D eigenvalue weighted by Gasteiger charge is -2.11. The van der Waals surface area contributed by atoms with Crippen LogP contribution in [0.5, 0.6) is 0 Å². The third-order valence-corrected chi connectivity index (χ3v) is 5.38. The maximum atomic E-state index is 13.1. The molecule has 0 saturated carbocycles. The van der Waals surface area contributed by atoms with E-state index in [1.807, 2.05) is 97.1 Å². The number of benzene rings is 4. The summed E-state index contributed by atoms with van der Waals surface area (Å²) in [5, 5.41) is 0. The smallest absolute Gasteiger partial charge is 0.344 e. The standard InChI is InChI=1S/C29H20O2/c30-29-28(25-14-8-3-9-15-25)26(23-12-6-2-7-13-23)20-27(31-29)24-18-16-22(17-19-24)21-10-4-1-5-11-21/h1-20H. The minimum absolute atomic E-state index is 0.338. The van der Waals surface area contributed by atoms with Gasteiger partial charge < -0.3 is 4.42 Å². The van der Waals surface area contributed by atoms with Gasteiger partial charge in [0, 0.05) is 11.1 Å². The molecule has 5 rings (SSSR count). The summed E-state index contributed by atoms with van der Waals surface area (Å²) in [6, 6.07) is 39.9. The Bertz CT molecular complexity index is 1350. The molecule has 0 fully saturated rings. The molecule has 0 aliphatic carbocycles. The average Bonchev–Trinajstić information content (AvgIpc) is 2.85. The van der Waals surface area contributed by atoms with Crippen LogP contribution in [0.4, 0.5) is 0 Å². The van der Waals surface area contributed by atoms with Crippen LogP contribution in [0.1, 0.15) is 0 Å². The number of rotatable bonds is 4. The van der Waals surface area contributed by atoms with Crippen LogP contribution in [-0.4, -0.2) is 0 Å². The molecule has 1 heterocycles. The molecule has 2 nitrogen and oxygen atoms in total. The molecule has 2 heteroatoms. The van der Waals surface area contributed by atoms with Gasteiger partial charge in [0.15, 0.2) is 0 Å². The zero-order valence-corrected chi connectivity index (χ0v) is 16.9. The fourth-order valence-corrected chi connectivity index (χ4v) is 3.82. The molecule has 0 aliphatic heterocycles. The summed E-state index contributed by atoms with van der Waals surface area (Å²) >= 11 is 0. The van der Waals surface area contributed by atoms with Gasteiger partial charge in [0.05, 0.1) is 5.56 Å². The van der Waals surface area contributed by atoms with Crippen molar-refractivity contribution in [2.75, 3.05) is 0 Å². The zero-order chi connectivity index (χ0) is 21.0. The molecule has 1 aromatic heterocycles. The molecule has 0 N–H and O–H groups in total. The lowest BCUT2D eigenvalue weighted by Crippen LogP contribution is -2.06. The van der Waals surface area contributed by atoms with Gasteiger partial charge in [0.25, 0.3) is 0 Å². The largest absolute Gasteiger partial charge is 0.422 e. The highest BCUT2D eigenvalue weighted by Crippen LogP contribution is 2.33. The highest BCUT2D eigenvalue weighted by atomic mass is 16.4. The molecule has 31 heavy (non-hydrogen) atoms. The minimum Gasteiger partial charge on any atom is -0.422 e. The SMILES string of the molecule is O=c1oc(-c2ccc(-c3ccccc3)cc2)cc(-c2ccccc2)c1-c1ccccc1. The molecule has 0 saturated heterocycles. The van der Waals surface area contributed by atoms with E-state index in [-0.39, 0.29) is 5.63 Å². The second-order valence-corrected chi connectivity index (χ2v) is 7.36. The summed E-state index contributed by atoms with van der Waals surface area (Å²) in [4.78, 5) is 13.1. The van der Waals surface area contributed by atoms with Crippen molar-refractivity contribution in [1.82, 2.24) is 0 Å². The van der Waals surface area contributed by atoms with E-state index in [2.05, 4.69) is 24.3 Å². The summed E-state index contributed by atoms with van der Waals surface area (Å²) in [5.74, 6) is 0.558. The normalized spacial score (nSPS) is 10.7. The molecular formula is C29H20O2. The second-order valence-electron chi connectivity index (χ2n) is 7.36. The van der Waals surface area contributed by atoms with Crippen molar-refractivity contribution in [3.05, 3.63) is 132 Å². The first kappa shape index (κ1) is 18.8. The van der Waals surface area contributed by atoms with Gasteiger partial charge in [-0.3, -0.25) is 0 Å². The molecule has 0 bridgehead atoms. The predicted molar refractivity (Wildman–Crippen MR) is 127 cm³/mol. The molecule has 148 valence electrons. The summed E-state index contributed by atoms with van der Waals surface area (Å²) in [7, 11) is 0. The van der Waals surface area contributed by atoms with E-state index in [9.17, 15) is 4.79 Å². The first-order chi connectivity index (χ1) is 15.3. The Morgan fingerprint density at radius 1 is 0.452 bits per heavy atom. The highest BCUT2D eigenvalue weighted by Gasteiger charge is 2.16. The molecule has 0 unspecified atom stereocenters. The highest BCUT2D eigenvalue weighted by molar-refractivity contribution is 5.84. The van der Waals surface area contributed by atoms with Crippen LogP contribution < -0.4 is 5.63 Å². The third-order valence-electron chi connectivity index (χ3n) is 5.38. The van der Waals surface area contributed by atoms with Crippen LogP contribution in [0.2, 0.25) is 0 Å². The Hall–Kier alpha value is -4.17. The van der Waals surface area contributed by atoms with Gasteiger partial charge in [-0.25, -0.2) is 4.79 Å². The Labute approximate surface area is 181 Å². The Morgan fingerprint density at radius 2 is 0.903 bits per heavy atom. The molecule has 0 amide bonds. The van der Waals surface area contributed by atoms with E-state index in [0.29, 0.717) is 11.3 Å². The molecule has 0 radical (unpaired) electrons. The van der Waals surface area contributed by atoms with Gasteiger partial charge in [0.1, 0.15) is 5.76 Å². The lowest BCUT2D eigenvalue weighted by atomic mass is 9.95. The van der Waals surface area contributed by atoms with Crippen molar-refractivity contribution in [2.24, 2.45) is 0 Å². The van der Waals surface area contributed by atoms with Crippen molar-refractivity contribution >= 4 is 0 Å². The summed E-state index contributed by atoms with van der Waals surface area (Å²) < 4.78 is 5.80. The predicted octanol–water partition coefficient (Wildman–Crippen LogP) is 7.31. The van der Waals surface area contributed by atoms with E-state index in [1.54, 1.807) is 0 Å². The number of hydrogen-bond acceptors (Lipinski definition) is 2. The average molecular weight is 400 g/mol. The van der Waals surface area contributed by atoms with Gasteiger partial charge in [-0.05, 0) is 28.3 Å². The summed E-state index contributed by atoms with van der Waals surface area (Å²) in [6.07, 6.45) is 0. The third kappa shape index (κ3) is 3.84. The Morgan fingerprint density at radius 3 is 1.48 bits per heavy atom. The van der Waals surface area contributed by atoms with Gasteiger partial charge in [-0.15, -0.1) is 0 Å². The maximum Gasteiger partial charge on any atom is 0.344 e. The molecule has 0 aliphatic rings. The van der Waals surface area contributed by atoms with Crippen LogP contribution >= 0.6 is 0 Å². The van der Waals surface area contributed by atoms with Crippen LogP contribution in [0.3, 0.4) is 0 Å². The minimum atomic E-state index is -0.338. The van der Waals surface area contributed by atoms with Gasteiger partial charge in [-0.1, -0.05) is 115 Å². The van der Waals surface area contributed by atoms with Gasteiger partial charge in [-0.2, -0.15) is 0 Å². The first-order valence-corrected chi connectivity index (χ1v) is 10.2. The fraction of sp³-hybridized carbons (Fsp3) is 0. The van der Waals surface area contributed by atoms with Crippen LogP contribution in [0.15, 0.2) is 131 Å². The summed E-state index contributed by atoms with van der Waals surface area (Å²) in [6.45, 7) is 0. The molecule has 0 spiro atoms. The second kappa shape index (κ2) is 8.29. The Kier molecular flexibility index (Phi) is 5.04. The van der Waals surface area contributed by atoms with Crippen molar-refractivity contribution in [2.45, 2.75) is 0 Å². The Balaban J connectivity index is 1.64. The van der Waals surface area contributed by atoms with Crippen LogP contribution in [0, 0.1) is 0 Å². The first-order valence-electron chi connectivity index (χ1n) is 10.2.